The predicted octanol–water partition coefficient (Wildman–Crippen LogP) is 1.23. The van der Waals surface area contributed by atoms with E-state index in [2.05, 4.69) is 10.6 Å². The number of rotatable bonds is 3. The molecule has 1 aliphatic rings. The van der Waals surface area contributed by atoms with Gasteiger partial charge in [0.2, 0.25) is 0 Å². The van der Waals surface area contributed by atoms with Gasteiger partial charge in [0.05, 0.1) is 13.2 Å². The first kappa shape index (κ1) is 10.4. The topological polar surface area (TPSA) is 33.3 Å². The lowest BCUT2D eigenvalue weighted by molar-refractivity contribution is 0.0806. The first-order valence-corrected chi connectivity index (χ1v) is 5.15. The number of morpholine rings is 1. The average molecular weight is 210 g/mol. The van der Waals surface area contributed by atoms with Crippen molar-refractivity contribution in [1.82, 2.24) is 5.32 Å². The fourth-order valence-corrected chi connectivity index (χ4v) is 1.56. The molecule has 82 valence electrons. The minimum atomic E-state index is -0.209. The van der Waals surface area contributed by atoms with Crippen LogP contribution in [0.4, 0.5) is 10.1 Å². The minimum absolute atomic E-state index is 0.209. The molecule has 0 saturated carbocycles. The van der Waals surface area contributed by atoms with Crippen molar-refractivity contribution >= 4 is 5.69 Å². The molecule has 0 spiro atoms. The van der Waals surface area contributed by atoms with Crippen LogP contribution in [0, 0.1) is 5.82 Å². The highest BCUT2D eigenvalue weighted by Crippen LogP contribution is 2.08. The second-order valence-electron chi connectivity index (χ2n) is 3.61. The number of anilines is 1. The third-order valence-electron chi connectivity index (χ3n) is 2.40. The van der Waals surface area contributed by atoms with Crippen molar-refractivity contribution in [2.45, 2.75) is 6.04 Å². The summed E-state index contributed by atoms with van der Waals surface area (Å²) in [4.78, 5) is 0. The monoisotopic (exact) mass is 210 g/mol. The summed E-state index contributed by atoms with van der Waals surface area (Å²) in [6, 6.07) is 6.71. The van der Waals surface area contributed by atoms with E-state index in [0.29, 0.717) is 6.04 Å². The van der Waals surface area contributed by atoms with E-state index in [9.17, 15) is 4.39 Å². The van der Waals surface area contributed by atoms with Gasteiger partial charge in [-0.3, -0.25) is 0 Å². The fraction of sp³-hybridized carbons (Fsp3) is 0.455. The van der Waals surface area contributed by atoms with Crippen LogP contribution in [0.25, 0.3) is 0 Å². The highest BCUT2D eigenvalue weighted by Gasteiger charge is 2.11. The van der Waals surface area contributed by atoms with Crippen LogP contribution in [0.2, 0.25) is 0 Å². The van der Waals surface area contributed by atoms with E-state index in [1.165, 1.54) is 12.1 Å². The average Bonchev–Trinajstić information content (AvgIpc) is 2.30. The van der Waals surface area contributed by atoms with Gasteiger partial charge >= 0.3 is 0 Å². The Hall–Kier alpha value is -1.13. The molecule has 15 heavy (non-hydrogen) atoms. The molecule has 2 rings (SSSR count). The summed E-state index contributed by atoms with van der Waals surface area (Å²) in [5.74, 6) is -0.209. The Bertz CT molecular complexity index is 296. The Labute approximate surface area is 88.6 Å². The molecule has 4 heteroatoms. The van der Waals surface area contributed by atoms with Crippen molar-refractivity contribution < 1.29 is 9.13 Å². The first-order chi connectivity index (χ1) is 7.34. The van der Waals surface area contributed by atoms with Crippen molar-refractivity contribution in [3.8, 4) is 0 Å². The van der Waals surface area contributed by atoms with Crippen molar-refractivity contribution in [1.29, 1.82) is 0 Å². The van der Waals surface area contributed by atoms with Crippen molar-refractivity contribution in [3.63, 3.8) is 0 Å². The summed E-state index contributed by atoms with van der Waals surface area (Å²) in [6.45, 7) is 3.21. The lowest BCUT2D eigenvalue weighted by atomic mass is 10.2. The number of halogens is 1. The number of nitrogens with one attached hydrogen (secondary N) is 2. The largest absolute Gasteiger partial charge is 0.383 e. The summed E-state index contributed by atoms with van der Waals surface area (Å²) in [6.07, 6.45) is 0. The molecule has 3 nitrogen and oxygen atoms in total. The maximum Gasteiger partial charge on any atom is 0.123 e. The van der Waals surface area contributed by atoms with Crippen LogP contribution in [0.5, 0.6) is 0 Å². The molecule has 0 bridgehead atoms. The summed E-state index contributed by atoms with van der Waals surface area (Å²) >= 11 is 0. The summed E-state index contributed by atoms with van der Waals surface area (Å²) in [5.41, 5.74) is 0.934. The van der Waals surface area contributed by atoms with Crippen LogP contribution in [-0.4, -0.2) is 32.3 Å². The third-order valence-corrected chi connectivity index (χ3v) is 2.40. The van der Waals surface area contributed by atoms with Crippen molar-refractivity contribution in [2.75, 3.05) is 31.6 Å². The molecule has 1 atom stereocenters. The quantitative estimate of drug-likeness (QED) is 0.787. The Morgan fingerprint density at radius 1 is 1.40 bits per heavy atom. The third kappa shape index (κ3) is 3.18. The van der Waals surface area contributed by atoms with Gasteiger partial charge in [-0.1, -0.05) is 0 Å². The maximum atomic E-state index is 12.6. The van der Waals surface area contributed by atoms with Gasteiger partial charge in [0.25, 0.3) is 0 Å². The van der Waals surface area contributed by atoms with Crippen molar-refractivity contribution in [3.05, 3.63) is 30.1 Å². The second kappa shape index (κ2) is 5.09. The van der Waals surface area contributed by atoms with E-state index in [0.717, 1.165) is 32.0 Å². The molecule has 0 amide bonds. The standard InChI is InChI=1S/C11H15FN2O/c12-9-1-3-10(4-2-9)14-7-11-8-15-6-5-13-11/h1-4,11,13-14H,5-8H2. The molecule has 1 fully saturated rings. The van der Waals surface area contributed by atoms with Crippen molar-refractivity contribution in [2.24, 2.45) is 0 Å². The lowest BCUT2D eigenvalue weighted by Gasteiger charge is -2.24. The summed E-state index contributed by atoms with van der Waals surface area (Å²) in [7, 11) is 0. The highest BCUT2D eigenvalue weighted by atomic mass is 19.1. The molecule has 1 unspecified atom stereocenters. The van der Waals surface area contributed by atoms with Crippen LogP contribution >= 0.6 is 0 Å². The van der Waals surface area contributed by atoms with Crippen LogP contribution in [-0.2, 0) is 4.74 Å². The number of ether oxygens (including phenoxy) is 1. The molecular weight excluding hydrogens is 195 g/mol. The van der Waals surface area contributed by atoms with E-state index < -0.39 is 0 Å². The normalized spacial score (nSPS) is 21.3. The molecule has 1 aromatic rings. The Morgan fingerprint density at radius 2 is 2.20 bits per heavy atom. The van der Waals surface area contributed by atoms with Gasteiger partial charge in [0, 0.05) is 24.8 Å². The Morgan fingerprint density at radius 3 is 2.87 bits per heavy atom. The smallest absolute Gasteiger partial charge is 0.123 e. The minimum Gasteiger partial charge on any atom is -0.383 e. The number of hydrogen-bond acceptors (Lipinski definition) is 3. The molecule has 0 aromatic heterocycles. The number of benzene rings is 1. The molecule has 1 heterocycles. The Balaban J connectivity index is 1.79. The van der Waals surface area contributed by atoms with E-state index in [1.54, 1.807) is 12.1 Å². The van der Waals surface area contributed by atoms with E-state index in [-0.39, 0.29) is 5.82 Å². The van der Waals surface area contributed by atoms with Crippen LogP contribution in [0.3, 0.4) is 0 Å². The molecule has 0 aliphatic carbocycles. The van der Waals surface area contributed by atoms with Crippen LogP contribution in [0.1, 0.15) is 0 Å². The van der Waals surface area contributed by atoms with Gasteiger partial charge in [-0.2, -0.15) is 0 Å². The second-order valence-corrected chi connectivity index (χ2v) is 3.61. The van der Waals surface area contributed by atoms with Gasteiger partial charge in [-0.15, -0.1) is 0 Å². The summed E-state index contributed by atoms with van der Waals surface area (Å²) in [5, 5.41) is 6.57. The van der Waals surface area contributed by atoms with E-state index in [4.69, 9.17) is 4.74 Å². The van der Waals surface area contributed by atoms with Gasteiger partial charge in [-0.25, -0.2) is 4.39 Å². The zero-order valence-electron chi connectivity index (χ0n) is 8.50. The molecule has 1 aromatic carbocycles. The van der Waals surface area contributed by atoms with Gasteiger partial charge in [0.15, 0.2) is 0 Å². The highest BCUT2D eigenvalue weighted by molar-refractivity contribution is 5.42. The van der Waals surface area contributed by atoms with Crippen LogP contribution < -0.4 is 10.6 Å². The molecule has 0 radical (unpaired) electrons. The first-order valence-electron chi connectivity index (χ1n) is 5.15. The molecule has 2 N–H and O–H groups in total. The molecule has 1 aliphatic heterocycles. The predicted molar refractivity (Wildman–Crippen MR) is 57.5 cm³/mol. The maximum absolute atomic E-state index is 12.6. The number of hydrogen-bond donors (Lipinski definition) is 2. The van der Waals surface area contributed by atoms with E-state index in [1.807, 2.05) is 0 Å². The zero-order valence-corrected chi connectivity index (χ0v) is 8.50. The van der Waals surface area contributed by atoms with Gasteiger partial charge in [-0.05, 0) is 24.3 Å². The van der Waals surface area contributed by atoms with Crippen LogP contribution in [0.15, 0.2) is 24.3 Å². The molecular formula is C11H15FN2O. The molecule has 1 saturated heterocycles. The zero-order chi connectivity index (χ0) is 10.5. The van der Waals surface area contributed by atoms with Gasteiger partial charge in [0.1, 0.15) is 5.82 Å². The summed E-state index contributed by atoms with van der Waals surface area (Å²) < 4.78 is 17.9. The van der Waals surface area contributed by atoms with E-state index >= 15 is 0 Å². The lowest BCUT2D eigenvalue weighted by Crippen LogP contribution is -2.45. The SMILES string of the molecule is Fc1ccc(NCC2COCCN2)cc1. The fourth-order valence-electron chi connectivity index (χ4n) is 1.56. The Kier molecular flexibility index (Phi) is 3.53. The van der Waals surface area contributed by atoms with Gasteiger partial charge < -0.3 is 15.4 Å².